The number of hydrogen-bond acceptors (Lipinski definition) is 6. The number of cyclic esters (lactones) is 1. The van der Waals surface area contributed by atoms with Crippen LogP contribution < -0.4 is 0 Å². The molecule has 6 nitrogen and oxygen atoms in total. The summed E-state index contributed by atoms with van der Waals surface area (Å²) < 4.78 is 11.6. The van der Waals surface area contributed by atoms with Gasteiger partial charge in [-0.3, -0.25) is 9.59 Å². The number of aliphatic hydroxyl groups excluding tert-OH is 2. The predicted octanol–water partition coefficient (Wildman–Crippen LogP) is 3.56. The molecular formula is C25H38O6. The topological polar surface area (TPSA) is 93.1 Å². The number of aliphatic hydroxyl groups is 2. The Morgan fingerprint density at radius 2 is 2.03 bits per heavy atom. The molecule has 0 aromatic carbocycles. The van der Waals surface area contributed by atoms with Crippen LogP contribution in [0.25, 0.3) is 0 Å². The quantitative estimate of drug-likeness (QED) is 0.595. The van der Waals surface area contributed by atoms with E-state index in [2.05, 4.69) is 25.2 Å². The van der Waals surface area contributed by atoms with Crippen molar-refractivity contribution < 1.29 is 29.3 Å². The van der Waals surface area contributed by atoms with E-state index < -0.39 is 11.5 Å². The minimum Gasteiger partial charge on any atom is -0.462 e. The SMILES string of the molecule is CCC(C)(C)C(=O)O[C@H]1C[C@H](CO)C=C2C=C[C@H](C)[C@H](CC[C@@H]3C[C@@H](O)CC(=O)O3)[C@@H]21. The third-order valence-electron chi connectivity index (χ3n) is 7.46. The maximum absolute atomic E-state index is 12.9. The molecule has 1 fully saturated rings. The largest absolute Gasteiger partial charge is 0.462 e. The second-order valence-electron chi connectivity index (χ2n) is 10.2. The Labute approximate surface area is 185 Å². The van der Waals surface area contributed by atoms with Crippen LogP contribution in [0.5, 0.6) is 0 Å². The molecule has 174 valence electrons. The number of carbonyl (C=O) groups is 2. The van der Waals surface area contributed by atoms with Gasteiger partial charge in [0, 0.05) is 24.9 Å². The van der Waals surface area contributed by atoms with Crippen LogP contribution in [0.1, 0.15) is 66.2 Å². The zero-order valence-corrected chi connectivity index (χ0v) is 19.3. The first-order chi connectivity index (χ1) is 14.6. The average molecular weight is 435 g/mol. The Morgan fingerprint density at radius 3 is 2.68 bits per heavy atom. The lowest BCUT2D eigenvalue weighted by atomic mass is 9.65. The number of ether oxygens (including phenoxy) is 2. The molecule has 0 radical (unpaired) electrons. The Balaban J connectivity index is 1.79. The third-order valence-corrected chi connectivity index (χ3v) is 7.46. The monoisotopic (exact) mass is 434 g/mol. The van der Waals surface area contributed by atoms with E-state index in [9.17, 15) is 19.8 Å². The highest BCUT2D eigenvalue weighted by Crippen LogP contribution is 2.45. The van der Waals surface area contributed by atoms with Gasteiger partial charge in [0.15, 0.2) is 0 Å². The maximum atomic E-state index is 12.9. The number of hydrogen-bond donors (Lipinski definition) is 2. The molecule has 0 spiro atoms. The van der Waals surface area contributed by atoms with E-state index in [0.29, 0.717) is 25.7 Å². The number of carbonyl (C=O) groups excluding carboxylic acids is 2. The molecule has 7 atom stereocenters. The van der Waals surface area contributed by atoms with Crippen molar-refractivity contribution in [2.45, 2.75) is 84.5 Å². The van der Waals surface area contributed by atoms with Crippen LogP contribution in [0.3, 0.4) is 0 Å². The van der Waals surface area contributed by atoms with Crippen LogP contribution in [0.4, 0.5) is 0 Å². The summed E-state index contributed by atoms with van der Waals surface area (Å²) in [7, 11) is 0. The molecule has 3 rings (SSSR count). The van der Waals surface area contributed by atoms with Crippen molar-refractivity contribution >= 4 is 11.9 Å². The molecular weight excluding hydrogens is 396 g/mol. The van der Waals surface area contributed by atoms with Crippen molar-refractivity contribution in [3.8, 4) is 0 Å². The number of rotatable bonds is 7. The van der Waals surface area contributed by atoms with E-state index in [1.54, 1.807) is 0 Å². The van der Waals surface area contributed by atoms with Crippen molar-refractivity contribution in [1.29, 1.82) is 0 Å². The molecule has 0 amide bonds. The van der Waals surface area contributed by atoms with Gasteiger partial charge in [0.25, 0.3) is 0 Å². The first-order valence-electron chi connectivity index (χ1n) is 11.7. The summed E-state index contributed by atoms with van der Waals surface area (Å²) in [6.45, 7) is 8.00. The van der Waals surface area contributed by atoms with E-state index in [-0.39, 0.29) is 60.8 Å². The lowest BCUT2D eigenvalue weighted by molar-refractivity contribution is -0.166. The van der Waals surface area contributed by atoms with Crippen LogP contribution in [0, 0.1) is 29.1 Å². The molecule has 0 aromatic heterocycles. The summed E-state index contributed by atoms with van der Waals surface area (Å²) in [5.41, 5.74) is 0.579. The van der Waals surface area contributed by atoms with Crippen molar-refractivity contribution in [2.75, 3.05) is 6.61 Å². The summed E-state index contributed by atoms with van der Waals surface area (Å²) >= 11 is 0. The second kappa shape index (κ2) is 9.86. The van der Waals surface area contributed by atoms with E-state index >= 15 is 0 Å². The lowest BCUT2D eigenvalue weighted by Crippen LogP contribution is -2.44. The van der Waals surface area contributed by atoms with Crippen LogP contribution >= 0.6 is 0 Å². The fourth-order valence-electron chi connectivity index (χ4n) is 5.08. The van der Waals surface area contributed by atoms with Crippen LogP contribution in [-0.2, 0) is 19.1 Å². The normalized spacial score (nSPS) is 35.7. The van der Waals surface area contributed by atoms with Crippen LogP contribution in [0.15, 0.2) is 23.8 Å². The number of allylic oxidation sites excluding steroid dienone is 2. The smallest absolute Gasteiger partial charge is 0.311 e. The Hall–Kier alpha value is -1.66. The van der Waals surface area contributed by atoms with Crippen molar-refractivity contribution in [3.05, 3.63) is 23.8 Å². The molecule has 3 aliphatic rings. The number of fused-ring (bicyclic) bond motifs is 1. The third kappa shape index (κ3) is 5.58. The minimum absolute atomic E-state index is 0.0260. The van der Waals surface area contributed by atoms with Crippen molar-refractivity contribution in [3.63, 3.8) is 0 Å². The highest BCUT2D eigenvalue weighted by molar-refractivity contribution is 5.76. The fourth-order valence-corrected chi connectivity index (χ4v) is 5.08. The average Bonchev–Trinajstić information content (AvgIpc) is 2.72. The van der Waals surface area contributed by atoms with Gasteiger partial charge in [-0.15, -0.1) is 0 Å². The molecule has 0 saturated carbocycles. The first-order valence-corrected chi connectivity index (χ1v) is 11.7. The van der Waals surface area contributed by atoms with Gasteiger partial charge < -0.3 is 19.7 Å². The number of esters is 2. The van der Waals surface area contributed by atoms with E-state index in [4.69, 9.17) is 9.47 Å². The predicted molar refractivity (Wildman–Crippen MR) is 117 cm³/mol. The van der Waals surface area contributed by atoms with Crippen molar-refractivity contribution in [2.24, 2.45) is 29.1 Å². The molecule has 0 aromatic rings. The molecule has 0 unspecified atom stereocenters. The van der Waals surface area contributed by atoms with Gasteiger partial charge in [0.05, 0.1) is 17.9 Å². The molecule has 1 aliphatic heterocycles. The summed E-state index contributed by atoms with van der Waals surface area (Å²) in [5.74, 6) is 0.0282. The Kier molecular flexibility index (Phi) is 7.63. The fraction of sp³-hybridized carbons (Fsp3) is 0.760. The van der Waals surface area contributed by atoms with Crippen LogP contribution in [-0.4, -0.2) is 47.1 Å². The zero-order valence-electron chi connectivity index (χ0n) is 19.3. The first kappa shape index (κ1) is 24.0. The second-order valence-corrected chi connectivity index (χ2v) is 10.2. The molecule has 1 saturated heterocycles. The molecule has 0 bridgehead atoms. The lowest BCUT2D eigenvalue weighted by Gasteiger charge is -2.44. The highest BCUT2D eigenvalue weighted by Gasteiger charge is 2.43. The van der Waals surface area contributed by atoms with Gasteiger partial charge in [-0.2, -0.15) is 0 Å². The summed E-state index contributed by atoms with van der Waals surface area (Å²) in [6, 6.07) is 0. The zero-order chi connectivity index (χ0) is 22.8. The molecule has 31 heavy (non-hydrogen) atoms. The molecule has 2 N–H and O–H groups in total. The maximum Gasteiger partial charge on any atom is 0.311 e. The molecule has 2 aliphatic carbocycles. The van der Waals surface area contributed by atoms with Gasteiger partial charge in [-0.1, -0.05) is 32.1 Å². The van der Waals surface area contributed by atoms with E-state index in [1.807, 2.05) is 20.8 Å². The van der Waals surface area contributed by atoms with Gasteiger partial charge in [0.1, 0.15) is 12.2 Å². The summed E-state index contributed by atoms with van der Waals surface area (Å²) in [5, 5.41) is 19.7. The molecule has 1 heterocycles. The van der Waals surface area contributed by atoms with Crippen LogP contribution in [0.2, 0.25) is 0 Å². The Bertz CT molecular complexity index is 724. The standard InChI is InChI=1S/C25H38O6/c1-5-25(3,4)24(29)31-21-11-16(14-26)10-17-7-6-15(2)20(23(17)21)9-8-19-12-18(27)13-22(28)30-19/h6-7,10,15-16,18-21,23,26-27H,5,8-9,11-14H2,1-4H3/t15-,16+,18+,19+,20-,21-,23+/m0/s1. The summed E-state index contributed by atoms with van der Waals surface area (Å²) in [4.78, 5) is 24.6. The van der Waals surface area contributed by atoms with Gasteiger partial charge in [-0.05, 0) is 56.9 Å². The van der Waals surface area contributed by atoms with Crippen molar-refractivity contribution in [1.82, 2.24) is 0 Å². The highest BCUT2D eigenvalue weighted by atomic mass is 16.6. The van der Waals surface area contributed by atoms with Gasteiger partial charge >= 0.3 is 11.9 Å². The van der Waals surface area contributed by atoms with E-state index in [0.717, 1.165) is 12.0 Å². The Morgan fingerprint density at radius 1 is 1.29 bits per heavy atom. The minimum atomic E-state index is -0.629. The van der Waals surface area contributed by atoms with E-state index in [1.165, 1.54) is 0 Å². The summed E-state index contributed by atoms with van der Waals surface area (Å²) in [6.07, 6.45) is 8.60. The molecule has 6 heteroatoms. The van der Waals surface area contributed by atoms with Gasteiger partial charge in [0.2, 0.25) is 0 Å². The van der Waals surface area contributed by atoms with Gasteiger partial charge in [-0.25, -0.2) is 0 Å².